The van der Waals surface area contributed by atoms with Crippen LogP contribution in [0.5, 0.6) is 5.75 Å². The molecule has 9 nitrogen and oxygen atoms in total. The second-order valence-electron chi connectivity index (χ2n) is 7.92. The largest absolute Gasteiger partial charge is 0.497 e. The molecule has 1 aliphatic rings. The van der Waals surface area contributed by atoms with Crippen LogP contribution in [0.15, 0.2) is 42.7 Å². The third-order valence-electron chi connectivity index (χ3n) is 5.77. The first kappa shape index (κ1) is 24.2. The SMILES string of the molecule is CCOC(=O)c1sc(N2C(=O)C(=O)C(C(=O)c3ccc(OC)cc3C)C2c2cccnc2)nc1C. The molecule has 1 amide bonds. The van der Waals surface area contributed by atoms with Crippen molar-refractivity contribution in [2.24, 2.45) is 5.92 Å². The van der Waals surface area contributed by atoms with E-state index in [4.69, 9.17) is 9.47 Å². The van der Waals surface area contributed by atoms with E-state index >= 15 is 0 Å². The first-order valence-corrected chi connectivity index (χ1v) is 11.7. The van der Waals surface area contributed by atoms with Crippen molar-refractivity contribution in [1.82, 2.24) is 9.97 Å². The minimum Gasteiger partial charge on any atom is -0.497 e. The van der Waals surface area contributed by atoms with Gasteiger partial charge in [-0.2, -0.15) is 0 Å². The molecule has 0 aliphatic carbocycles. The fraction of sp³-hybridized carbons (Fsp3) is 0.280. The first-order chi connectivity index (χ1) is 16.8. The zero-order valence-corrected chi connectivity index (χ0v) is 20.4. The molecule has 35 heavy (non-hydrogen) atoms. The van der Waals surface area contributed by atoms with E-state index in [0.29, 0.717) is 28.1 Å². The second kappa shape index (κ2) is 9.75. The Labute approximate surface area is 205 Å². The summed E-state index contributed by atoms with van der Waals surface area (Å²) in [6.45, 7) is 5.23. The number of hydrogen-bond acceptors (Lipinski definition) is 9. The highest BCUT2D eigenvalue weighted by Gasteiger charge is 2.53. The molecule has 0 N–H and O–H groups in total. The summed E-state index contributed by atoms with van der Waals surface area (Å²) in [4.78, 5) is 62.5. The van der Waals surface area contributed by atoms with Crippen LogP contribution in [0.2, 0.25) is 0 Å². The van der Waals surface area contributed by atoms with Crippen LogP contribution in [0.4, 0.5) is 5.13 Å². The molecule has 0 radical (unpaired) electrons. The molecule has 2 atom stereocenters. The van der Waals surface area contributed by atoms with Gasteiger partial charge in [-0.1, -0.05) is 17.4 Å². The minimum atomic E-state index is -1.31. The number of anilines is 1. The number of thiazole rings is 1. The van der Waals surface area contributed by atoms with Gasteiger partial charge in [0.2, 0.25) is 5.78 Å². The molecule has 3 aromatic rings. The monoisotopic (exact) mass is 493 g/mol. The smallest absolute Gasteiger partial charge is 0.350 e. The zero-order chi connectivity index (χ0) is 25.3. The zero-order valence-electron chi connectivity index (χ0n) is 19.6. The third kappa shape index (κ3) is 4.32. The maximum atomic E-state index is 13.7. The summed E-state index contributed by atoms with van der Waals surface area (Å²) >= 11 is 0.946. The van der Waals surface area contributed by atoms with E-state index in [-0.39, 0.29) is 16.6 Å². The Morgan fingerprint density at radius 2 is 1.94 bits per heavy atom. The molecule has 4 rings (SSSR count). The van der Waals surface area contributed by atoms with Crippen molar-refractivity contribution in [3.8, 4) is 5.75 Å². The summed E-state index contributed by atoms with van der Waals surface area (Å²) in [6, 6.07) is 7.31. The van der Waals surface area contributed by atoms with Gasteiger partial charge in [0.1, 0.15) is 16.5 Å². The number of carbonyl (C=O) groups excluding carboxylic acids is 4. The van der Waals surface area contributed by atoms with E-state index in [2.05, 4.69) is 9.97 Å². The van der Waals surface area contributed by atoms with Crippen molar-refractivity contribution < 1.29 is 28.7 Å². The van der Waals surface area contributed by atoms with Crippen LogP contribution in [0, 0.1) is 19.8 Å². The summed E-state index contributed by atoms with van der Waals surface area (Å²) < 4.78 is 10.3. The van der Waals surface area contributed by atoms with Crippen LogP contribution >= 0.6 is 11.3 Å². The molecule has 0 saturated carbocycles. The topological polar surface area (TPSA) is 116 Å². The van der Waals surface area contributed by atoms with Gasteiger partial charge in [0, 0.05) is 18.0 Å². The van der Waals surface area contributed by atoms with Crippen molar-refractivity contribution in [2.45, 2.75) is 26.8 Å². The molecule has 10 heteroatoms. The highest BCUT2D eigenvalue weighted by molar-refractivity contribution is 7.17. The number of nitrogens with zero attached hydrogens (tertiary/aromatic N) is 3. The van der Waals surface area contributed by atoms with E-state index in [1.807, 2.05) is 0 Å². The van der Waals surface area contributed by atoms with Gasteiger partial charge in [-0.25, -0.2) is 9.78 Å². The number of esters is 1. The lowest BCUT2D eigenvalue weighted by Gasteiger charge is -2.25. The molecular formula is C25H23N3O6S. The van der Waals surface area contributed by atoms with E-state index in [1.165, 1.54) is 18.2 Å². The van der Waals surface area contributed by atoms with Crippen LogP contribution in [-0.4, -0.2) is 47.1 Å². The van der Waals surface area contributed by atoms with Crippen molar-refractivity contribution >= 4 is 39.9 Å². The molecule has 1 fully saturated rings. The Hall–Kier alpha value is -3.92. The standard InChI is InChI=1S/C25H23N3O6S/c1-5-34-24(32)22-14(3)27-25(35-22)28-19(15-7-6-10-26-12-15)18(21(30)23(28)31)20(29)17-9-8-16(33-4)11-13(17)2/h6-12,18-19H,5H2,1-4H3. The normalized spacial score (nSPS) is 17.5. The highest BCUT2D eigenvalue weighted by atomic mass is 32.1. The van der Waals surface area contributed by atoms with Gasteiger partial charge < -0.3 is 9.47 Å². The predicted molar refractivity (Wildman–Crippen MR) is 128 cm³/mol. The summed E-state index contributed by atoms with van der Waals surface area (Å²) in [5.74, 6) is -3.50. The van der Waals surface area contributed by atoms with Crippen LogP contribution in [0.25, 0.3) is 0 Å². The maximum absolute atomic E-state index is 13.7. The van der Waals surface area contributed by atoms with Crippen LogP contribution < -0.4 is 9.64 Å². The van der Waals surface area contributed by atoms with E-state index in [1.54, 1.807) is 57.3 Å². The van der Waals surface area contributed by atoms with Crippen LogP contribution in [-0.2, 0) is 14.3 Å². The van der Waals surface area contributed by atoms with E-state index < -0.39 is 35.4 Å². The molecule has 0 bridgehead atoms. The summed E-state index contributed by atoms with van der Waals surface area (Å²) in [5.41, 5.74) is 1.80. The van der Waals surface area contributed by atoms with Crippen molar-refractivity contribution in [2.75, 3.05) is 18.6 Å². The van der Waals surface area contributed by atoms with Gasteiger partial charge in [-0.05, 0) is 56.2 Å². The van der Waals surface area contributed by atoms with Crippen LogP contribution in [0.3, 0.4) is 0 Å². The number of aromatic nitrogens is 2. The fourth-order valence-electron chi connectivity index (χ4n) is 4.11. The van der Waals surface area contributed by atoms with Gasteiger partial charge in [-0.15, -0.1) is 0 Å². The van der Waals surface area contributed by atoms with Crippen molar-refractivity contribution in [1.29, 1.82) is 0 Å². The molecule has 1 aromatic carbocycles. The Morgan fingerprint density at radius 1 is 1.17 bits per heavy atom. The average Bonchev–Trinajstić information content (AvgIpc) is 3.36. The van der Waals surface area contributed by atoms with Crippen molar-refractivity contribution in [3.63, 3.8) is 0 Å². The predicted octanol–water partition coefficient (Wildman–Crippen LogP) is 3.50. The molecule has 2 unspecified atom stereocenters. The van der Waals surface area contributed by atoms with Crippen LogP contribution in [0.1, 0.15) is 49.8 Å². The van der Waals surface area contributed by atoms with Gasteiger partial charge in [0.15, 0.2) is 10.9 Å². The van der Waals surface area contributed by atoms with Crippen molar-refractivity contribution in [3.05, 3.63) is 70.0 Å². The molecular weight excluding hydrogens is 470 g/mol. The maximum Gasteiger partial charge on any atom is 0.350 e. The molecule has 2 aromatic heterocycles. The number of carbonyl (C=O) groups is 4. The van der Waals surface area contributed by atoms with Gasteiger partial charge in [-0.3, -0.25) is 24.3 Å². The first-order valence-electron chi connectivity index (χ1n) is 10.9. The molecule has 1 saturated heterocycles. The quantitative estimate of drug-likeness (QED) is 0.213. The Bertz CT molecular complexity index is 1320. The molecule has 3 heterocycles. The Kier molecular flexibility index (Phi) is 6.74. The lowest BCUT2D eigenvalue weighted by Crippen LogP contribution is -2.30. The lowest BCUT2D eigenvalue weighted by atomic mass is 9.85. The number of aryl methyl sites for hydroxylation is 2. The Morgan fingerprint density at radius 3 is 2.57 bits per heavy atom. The number of methoxy groups -OCH3 is 1. The number of amides is 1. The van der Waals surface area contributed by atoms with Gasteiger partial charge >= 0.3 is 5.97 Å². The van der Waals surface area contributed by atoms with E-state index in [9.17, 15) is 19.2 Å². The van der Waals surface area contributed by atoms with E-state index in [0.717, 1.165) is 11.3 Å². The number of hydrogen-bond donors (Lipinski definition) is 0. The highest BCUT2D eigenvalue weighted by Crippen LogP contribution is 2.43. The van der Waals surface area contributed by atoms with Gasteiger partial charge in [0.05, 0.1) is 25.5 Å². The number of pyridine rings is 1. The number of Topliss-reactive ketones (excluding diaryl/α,β-unsaturated/α-hetero) is 2. The number of ether oxygens (including phenoxy) is 2. The minimum absolute atomic E-state index is 0.138. The second-order valence-corrected chi connectivity index (χ2v) is 8.90. The molecule has 0 spiro atoms. The summed E-state index contributed by atoms with van der Waals surface area (Å²) in [5, 5.41) is 0.138. The lowest BCUT2D eigenvalue weighted by molar-refractivity contribution is -0.135. The van der Waals surface area contributed by atoms with Gasteiger partial charge in [0.25, 0.3) is 5.91 Å². The number of benzene rings is 1. The average molecular weight is 494 g/mol. The Balaban J connectivity index is 1.82. The summed E-state index contributed by atoms with van der Waals surface area (Å²) in [6.07, 6.45) is 3.07. The molecule has 180 valence electrons. The number of rotatable bonds is 7. The molecule has 1 aliphatic heterocycles. The summed E-state index contributed by atoms with van der Waals surface area (Å²) in [7, 11) is 1.52. The number of ketones is 2. The fourth-order valence-corrected chi connectivity index (χ4v) is 5.11. The third-order valence-corrected chi connectivity index (χ3v) is 6.90.